The number of nitrogens with one attached hydrogen (secondary N) is 1. The molecule has 0 fully saturated rings. The van der Waals surface area contributed by atoms with Crippen molar-refractivity contribution in [2.75, 3.05) is 0 Å². The standard InChI is InChI=1S/C17H19NO3/c19-12-14-5-3-4-13(10-14)11-18-17(21)9-8-15-6-1-2-7-16(15)20/h1-7,10,19-20H,8-9,11-12H2,(H,18,21). The number of aromatic hydroxyl groups is 1. The van der Waals surface area contributed by atoms with Crippen molar-refractivity contribution < 1.29 is 15.0 Å². The lowest BCUT2D eigenvalue weighted by Gasteiger charge is -2.07. The summed E-state index contributed by atoms with van der Waals surface area (Å²) < 4.78 is 0. The lowest BCUT2D eigenvalue weighted by molar-refractivity contribution is -0.121. The predicted molar refractivity (Wildman–Crippen MR) is 80.6 cm³/mol. The molecule has 0 atom stereocenters. The number of carbonyl (C=O) groups is 1. The van der Waals surface area contributed by atoms with E-state index in [0.717, 1.165) is 16.7 Å². The number of hydrogen-bond donors (Lipinski definition) is 3. The van der Waals surface area contributed by atoms with Crippen LogP contribution in [0.4, 0.5) is 0 Å². The average molecular weight is 285 g/mol. The SMILES string of the molecule is O=C(CCc1ccccc1O)NCc1cccc(CO)c1. The minimum Gasteiger partial charge on any atom is -0.508 e. The van der Waals surface area contributed by atoms with Crippen molar-refractivity contribution in [3.8, 4) is 5.75 Å². The normalized spacial score (nSPS) is 10.3. The van der Waals surface area contributed by atoms with Gasteiger partial charge in [0.1, 0.15) is 5.75 Å². The molecule has 0 bridgehead atoms. The first kappa shape index (κ1) is 15.1. The van der Waals surface area contributed by atoms with Gasteiger partial charge < -0.3 is 15.5 Å². The molecule has 0 radical (unpaired) electrons. The van der Waals surface area contributed by atoms with Gasteiger partial charge in [-0.2, -0.15) is 0 Å². The number of rotatable bonds is 6. The maximum absolute atomic E-state index is 11.8. The van der Waals surface area contributed by atoms with Crippen molar-refractivity contribution in [2.24, 2.45) is 0 Å². The first-order valence-corrected chi connectivity index (χ1v) is 6.91. The average Bonchev–Trinajstić information content (AvgIpc) is 2.52. The summed E-state index contributed by atoms with van der Waals surface area (Å²) in [6.45, 7) is 0.433. The Bertz CT molecular complexity index is 610. The van der Waals surface area contributed by atoms with Crippen LogP contribution in [-0.2, 0) is 24.4 Å². The van der Waals surface area contributed by atoms with Crippen LogP contribution in [0, 0.1) is 0 Å². The van der Waals surface area contributed by atoms with E-state index in [-0.39, 0.29) is 18.3 Å². The maximum atomic E-state index is 11.8. The molecule has 110 valence electrons. The van der Waals surface area contributed by atoms with E-state index in [1.54, 1.807) is 12.1 Å². The Hall–Kier alpha value is -2.33. The monoisotopic (exact) mass is 285 g/mol. The van der Waals surface area contributed by atoms with Crippen LogP contribution >= 0.6 is 0 Å². The minimum absolute atomic E-state index is 0.00489. The van der Waals surface area contributed by atoms with Gasteiger partial charge in [-0.1, -0.05) is 42.5 Å². The zero-order valence-electron chi connectivity index (χ0n) is 11.7. The summed E-state index contributed by atoms with van der Waals surface area (Å²) in [5.41, 5.74) is 2.56. The molecule has 0 aliphatic heterocycles. The van der Waals surface area contributed by atoms with E-state index in [1.165, 1.54) is 0 Å². The highest BCUT2D eigenvalue weighted by atomic mass is 16.3. The molecular formula is C17H19NO3. The second-order valence-electron chi connectivity index (χ2n) is 4.88. The van der Waals surface area contributed by atoms with Crippen LogP contribution in [0.15, 0.2) is 48.5 Å². The molecule has 0 saturated heterocycles. The van der Waals surface area contributed by atoms with Gasteiger partial charge in [-0.05, 0) is 29.2 Å². The Kier molecular flexibility index (Phi) is 5.35. The number of benzene rings is 2. The summed E-state index contributed by atoms with van der Waals surface area (Å²) in [4.78, 5) is 11.8. The van der Waals surface area contributed by atoms with Gasteiger partial charge in [0, 0.05) is 13.0 Å². The van der Waals surface area contributed by atoms with Crippen molar-refractivity contribution in [3.63, 3.8) is 0 Å². The number of para-hydroxylation sites is 1. The zero-order chi connectivity index (χ0) is 15.1. The Morgan fingerprint density at radius 1 is 1.05 bits per heavy atom. The van der Waals surface area contributed by atoms with Gasteiger partial charge in [0.05, 0.1) is 6.61 Å². The van der Waals surface area contributed by atoms with Crippen molar-refractivity contribution in [1.82, 2.24) is 5.32 Å². The highest BCUT2D eigenvalue weighted by Crippen LogP contribution is 2.17. The topological polar surface area (TPSA) is 69.6 Å². The minimum atomic E-state index is -0.0624. The first-order valence-electron chi connectivity index (χ1n) is 6.91. The van der Waals surface area contributed by atoms with E-state index >= 15 is 0 Å². The van der Waals surface area contributed by atoms with Crippen LogP contribution in [0.25, 0.3) is 0 Å². The fourth-order valence-electron chi connectivity index (χ4n) is 2.10. The van der Waals surface area contributed by atoms with E-state index in [1.807, 2.05) is 36.4 Å². The molecule has 2 rings (SSSR count). The Labute approximate surface area is 124 Å². The fourth-order valence-corrected chi connectivity index (χ4v) is 2.10. The third-order valence-electron chi connectivity index (χ3n) is 3.28. The number of hydrogen-bond acceptors (Lipinski definition) is 3. The molecule has 21 heavy (non-hydrogen) atoms. The van der Waals surface area contributed by atoms with Gasteiger partial charge in [0.15, 0.2) is 0 Å². The van der Waals surface area contributed by atoms with Gasteiger partial charge in [-0.3, -0.25) is 4.79 Å². The van der Waals surface area contributed by atoms with Crippen molar-refractivity contribution in [2.45, 2.75) is 26.0 Å². The quantitative estimate of drug-likeness (QED) is 0.761. The van der Waals surface area contributed by atoms with Gasteiger partial charge >= 0.3 is 0 Å². The highest BCUT2D eigenvalue weighted by Gasteiger charge is 2.05. The van der Waals surface area contributed by atoms with E-state index in [0.29, 0.717) is 19.4 Å². The maximum Gasteiger partial charge on any atom is 0.220 e. The summed E-state index contributed by atoms with van der Waals surface area (Å²) in [6.07, 6.45) is 0.840. The molecule has 1 amide bonds. The van der Waals surface area contributed by atoms with Crippen molar-refractivity contribution in [3.05, 3.63) is 65.2 Å². The van der Waals surface area contributed by atoms with Crippen LogP contribution < -0.4 is 5.32 Å². The first-order chi connectivity index (χ1) is 10.2. The number of phenols is 1. The van der Waals surface area contributed by atoms with Crippen LogP contribution in [0.2, 0.25) is 0 Å². The summed E-state index contributed by atoms with van der Waals surface area (Å²) in [5.74, 6) is 0.161. The molecule has 0 unspecified atom stereocenters. The number of amides is 1. The summed E-state index contributed by atoms with van der Waals surface area (Å²) >= 11 is 0. The molecule has 3 N–H and O–H groups in total. The van der Waals surface area contributed by atoms with Gasteiger partial charge in [0.25, 0.3) is 0 Å². The summed E-state index contributed by atoms with van der Waals surface area (Å²) in [6, 6.07) is 14.5. The smallest absolute Gasteiger partial charge is 0.220 e. The highest BCUT2D eigenvalue weighted by molar-refractivity contribution is 5.76. The Balaban J connectivity index is 1.81. The lowest BCUT2D eigenvalue weighted by atomic mass is 10.1. The van der Waals surface area contributed by atoms with E-state index < -0.39 is 0 Å². The molecule has 2 aromatic carbocycles. The van der Waals surface area contributed by atoms with Crippen LogP contribution in [-0.4, -0.2) is 16.1 Å². The number of phenolic OH excluding ortho intramolecular Hbond substituents is 1. The Morgan fingerprint density at radius 3 is 2.57 bits per heavy atom. The van der Waals surface area contributed by atoms with E-state index in [4.69, 9.17) is 5.11 Å². The van der Waals surface area contributed by atoms with E-state index in [2.05, 4.69) is 5.32 Å². The number of carbonyl (C=O) groups excluding carboxylic acids is 1. The van der Waals surface area contributed by atoms with Gasteiger partial charge in [-0.25, -0.2) is 0 Å². The fraction of sp³-hybridized carbons (Fsp3) is 0.235. The van der Waals surface area contributed by atoms with Crippen LogP contribution in [0.3, 0.4) is 0 Å². The third-order valence-corrected chi connectivity index (χ3v) is 3.28. The molecule has 0 heterocycles. The molecule has 0 aliphatic carbocycles. The van der Waals surface area contributed by atoms with Crippen LogP contribution in [0.1, 0.15) is 23.1 Å². The Morgan fingerprint density at radius 2 is 1.81 bits per heavy atom. The molecule has 0 saturated carbocycles. The molecular weight excluding hydrogens is 266 g/mol. The lowest BCUT2D eigenvalue weighted by Crippen LogP contribution is -2.23. The number of aryl methyl sites for hydroxylation is 1. The predicted octanol–water partition coefficient (Wildman–Crippen LogP) is 2.13. The molecule has 0 spiro atoms. The molecule has 0 aromatic heterocycles. The molecule has 2 aromatic rings. The second-order valence-corrected chi connectivity index (χ2v) is 4.88. The summed E-state index contributed by atoms with van der Waals surface area (Å²) in [7, 11) is 0. The third kappa shape index (κ3) is 4.61. The van der Waals surface area contributed by atoms with Gasteiger partial charge in [-0.15, -0.1) is 0 Å². The van der Waals surface area contributed by atoms with Crippen molar-refractivity contribution in [1.29, 1.82) is 0 Å². The summed E-state index contributed by atoms with van der Waals surface area (Å²) in [5, 5.41) is 21.5. The molecule has 0 aliphatic rings. The second kappa shape index (κ2) is 7.45. The number of aliphatic hydroxyl groups is 1. The van der Waals surface area contributed by atoms with Crippen molar-refractivity contribution >= 4 is 5.91 Å². The molecule has 4 heteroatoms. The van der Waals surface area contributed by atoms with Crippen LogP contribution in [0.5, 0.6) is 5.75 Å². The number of aliphatic hydroxyl groups excluding tert-OH is 1. The molecule has 4 nitrogen and oxygen atoms in total. The van der Waals surface area contributed by atoms with Gasteiger partial charge in [0.2, 0.25) is 5.91 Å². The zero-order valence-corrected chi connectivity index (χ0v) is 11.7. The largest absolute Gasteiger partial charge is 0.508 e. The van der Waals surface area contributed by atoms with E-state index in [9.17, 15) is 9.90 Å².